The number of esters is 1. The van der Waals surface area contributed by atoms with E-state index in [1.54, 1.807) is 0 Å². The molecule has 0 radical (unpaired) electrons. The highest BCUT2D eigenvalue weighted by Gasteiger charge is 2.23. The summed E-state index contributed by atoms with van der Waals surface area (Å²) in [5.41, 5.74) is 2.11. The molecule has 0 heterocycles. The lowest BCUT2D eigenvalue weighted by Gasteiger charge is -2.22. The minimum Gasteiger partial charge on any atom is -0.464 e. The average Bonchev–Trinajstić information content (AvgIpc) is 2.27. The Balaban J connectivity index is 2.81. The van der Waals surface area contributed by atoms with E-state index in [1.807, 2.05) is 52.0 Å². The molecule has 1 aromatic carbocycles. The van der Waals surface area contributed by atoms with Crippen LogP contribution in [0.4, 0.5) is 5.69 Å². The lowest BCUT2D eigenvalue weighted by Crippen LogP contribution is -2.36. The highest BCUT2D eigenvalue weighted by molar-refractivity contribution is 5.80. The van der Waals surface area contributed by atoms with Crippen molar-refractivity contribution in [2.24, 2.45) is 5.92 Å². The Kier molecular flexibility index (Phi) is 5.01. The van der Waals surface area contributed by atoms with Crippen LogP contribution in [0.2, 0.25) is 0 Å². The van der Waals surface area contributed by atoms with Crippen LogP contribution >= 0.6 is 0 Å². The molecule has 0 amide bonds. The standard InChI is InChI=1S/C14H21NO2/c1-5-17-14(16)13(10(2)3)15-12-9-7-6-8-11(12)4/h6-10,13,15H,5H2,1-4H3. The fourth-order valence-electron chi connectivity index (χ4n) is 1.63. The third kappa shape index (κ3) is 3.77. The van der Waals surface area contributed by atoms with Crippen LogP contribution in [0.3, 0.4) is 0 Å². The molecule has 1 rings (SSSR count). The second kappa shape index (κ2) is 6.28. The van der Waals surface area contributed by atoms with Crippen LogP contribution < -0.4 is 5.32 Å². The molecule has 0 aliphatic heterocycles. The van der Waals surface area contributed by atoms with E-state index in [0.717, 1.165) is 11.3 Å². The van der Waals surface area contributed by atoms with Crippen molar-refractivity contribution in [3.8, 4) is 0 Å². The van der Waals surface area contributed by atoms with Gasteiger partial charge in [-0.2, -0.15) is 0 Å². The number of hydrogen-bond acceptors (Lipinski definition) is 3. The first-order valence-electron chi connectivity index (χ1n) is 6.05. The molecule has 94 valence electrons. The Hall–Kier alpha value is -1.51. The first-order valence-corrected chi connectivity index (χ1v) is 6.05. The second-order valence-electron chi connectivity index (χ2n) is 4.43. The highest BCUT2D eigenvalue weighted by atomic mass is 16.5. The predicted octanol–water partition coefficient (Wildman–Crippen LogP) is 2.99. The fourth-order valence-corrected chi connectivity index (χ4v) is 1.63. The summed E-state index contributed by atoms with van der Waals surface area (Å²) in [4.78, 5) is 11.8. The Morgan fingerprint density at radius 1 is 1.35 bits per heavy atom. The molecule has 0 saturated heterocycles. The second-order valence-corrected chi connectivity index (χ2v) is 4.43. The van der Waals surface area contributed by atoms with Gasteiger partial charge in [0.2, 0.25) is 0 Å². The maximum absolute atomic E-state index is 11.8. The molecule has 1 unspecified atom stereocenters. The van der Waals surface area contributed by atoms with Gasteiger partial charge < -0.3 is 10.1 Å². The SMILES string of the molecule is CCOC(=O)C(Nc1ccccc1C)C(C)C. The molecule has 0 aliphatic rings. The van der Waals surface area contributed by atoms with Crippen LogP contribution in [-0.2, 0) is 9.53 Å². The summed E-state index contributed by atoms with van der Waals surface area (Å²) in [6, 6.07) is 7.64. The van der Waals surface area contributed by atoms with Gasteiger partial charge in [-0.1, -0.05) is 32.0 Å². The van der Waals surface area contributed by atoms with E-state index in [1.165, 1.54) is 0 Å². The number of ether oxygens (including phenoxy) is 1. The number of para-hydroxylation sites is 1. The van der Waals surface area contributed by atoms with E-state index in [9.17, 15) is 4.79 Å². The van der Waals surface area contributed by atoms with Gasteiger partial charge in [0.05, 0.1) is 6.61 Å². The van der Waals surface area contributed by atoms with Crippen LogP contribution in [0.25, 0.3) is 0 Å². The third-order valence-electron chi connectivity index (χ3n) is 2.66. The van der Waals surface area contributed by atoms with Gasteiger partial charge in [0.25, 0.3) is 0 Å². The first-order chi connectivity index (χ1) is 8.06. The van der Waals surface area contributed by atoms with E-state index in [4.69, 9.17) is 4.74 Å². The Morgan fingerprint density at radius 3 is 2.53 bits per heavy atom. The van der Waals surface area contributed by atoms with Gasteiger partial charge in [0.1, 0.15) is 6.04 Å². The lowest BCUT2D eigenvalue weighted by molar-refractivity contribution is -0.145. The molecule has 0 aliphatic carbocycles. The fraction of sp³-hybridized carbons (Fsp3) is 0.500. The maximum atomic E-state index is 11.8. The van der Waals surface area contributed by atoms with Crippen molar-refractivity contribution >= 4 is 11.7 Å². The van der Waals surface area contributed by atoms with E-state index in [2.05, 4.69) is 5.32 Å². The van der Waals surface area contributed by atoms with Crippen molar-refractivity contribution in [1.82, 2.24) is 0 Å². The van der Waals surface area contributed by atoms with Crippen molar-refractivity contribution in [3.63, 3.8) is 0 Å². The topological polar surface area (TPSA) is 38.3 Å². The summed E-state index contributed by atoms with van der Waals surface area (Å²) < 4.78 is 5.08. The van der Waals surface area contributed by atoms with Crippen LogP contribution in [-0.4, -0.2) is 18.6 Å². The molecule has 3 nitrogen and oxygen atoms in total. The van der Waals surface area contributed by atoms with Crippen molar-refractivity contribution in [2.45, 2.75) is 33.7 Å². The Morgan fingerprint density at radius 2 is 2.00 bits per heavy atom. The molecule has 0 aromatic heterocycles. The van der Waals surface area contributed by atoms with Crippen LogP contribution in [0.5, 0.6) is 0 Å². The van der Waals surface area contributed by atoms with Crippen LogP contribution in [0.15, 0.2) is 24.3 Å². The number of benzene rings is 1. The number of aryl methyl sites for hydroxylation is 1. The zero-order valence-electron chi connectivity index (χ0n) is 11.0. The van der Waals surface area contributed by atoms with Crippen molar-refractivity contribution < 1.29 is 9.53 Å². The predicted molar refractivity (Wildman–Crippen MR) is 70.1 cm³/mol. The monoisotopic (exact) mass is 235 g/mol. The number of anilines is 1. The minimum absolute atomic E-state index is 0.189. The molecule has 0 spiro atoms. The highest BCUT2D eigenvalue weighted by Crippen LogP contribution is 2.17. The first kappa shape index (κ1) is 13.6. The number of carbonyl (C=O) groups excluding carboxylic acids is 1. The van der Waals surface area contributed by atoms with Gasteiger partial charge in [0.15, 0.2) is 0 Å². The van der Waals surface area contributed by atoms with E-state index < -0.39 is 0 Å². The van der Waals surface area contributed by atoms with E-state index in [0.29, 0.717) is 6.61 Å². The summed E-state index contributed by atoms with van der Waals surface area (Å²) in [6.07, 6.45) is 0. The largest absolute Gasteiger partial charge is 0.464 e. The maximum Gasteiger partial charge on any atom is 0.328 e. The molecule has 3 heteroatoms. The smallest absolute Gasteiger partial charge is 0.328 e. The molecule has 0 saturated carbocycles. The summed E-state index contributed by atoms with van der Waals surface area (Å²) in [5, 5.41) is 3.26. The summed E-state index contributed by atoms with van der Waals surface area (Å²) in [6.45, 7) is 8.27. The molecule has 0 fully saturated rings. The van der Waals surface area contributed by atoms with Gasteiger partial charge in [-0.25, -0.2) is 4.79 Å². The van der Waals surface area contributed by atoms with Gasteiger partial charge in [-0.05, 0) is 31.4 Å². The van der Waals surface area contributed by atoms with Crippen molar-refractivity contribution in [2.75, 3.05) is 11.9 Å². The van der Waals surface area contributed by atoms with E-state index in [-0.39, 0.29) is 17.9 Å². The van der Waals surface area contributed by atoms with Crippen LogP contribution in [0.1, 0.15) is 26.3 Å². The molecule has 1 N–H and O–H groups in total. The quantitative estimate of drug-likeness (QED) is 0.797. The molecular formula is C14H21NO2. The molecular weight excluding hydrogens is 214 g/mol. The van der Waals surface area contributed by atoms with Crippen molar-refractivity contribution in [3.05, 3.63) is 29.8 Å². The lowest BCUT2D eigenvalue weighted by atomic mass is 10.0. The minimum atomic E-state index is -0.295. The molecule has 0 bridgehead atoms. The van der Waals surface area contributed by atoms with Gasteiger partial charge in [0, 0.05) is 5.69 Å². The number of carbonyl (C=O) groups is 1. The summed E-state index contributed by atoms with van der Waals surface area (Å²) in [5.74, 6) is -0.000547. The van der Waals surface area contributed by atoms with E-state index >= 15 is 0 Å². The average molecular weight is 235 g/mol. The zero-order chi connectivity index (χ0) is 12.8. The number of rotatable bonds is 5. The Bertz CT molecular complexity index is 374. The molecule has 1 aromatic rings. The summed E-state index contributed by atoms with van der Waals surface area (Å²) in [7, 11) is 0. The normalized spacial score (nSPS) is 12.3. The van der Waals surface area contributed by atoms with Gasteiger partial charge in [-0.3, -0.25) is 0 Å². The van der Waals surface area contributed by atoms with Crippen LogP contribution in [0, 0.1) is 12.8 Å². The molecule has 17 heavy (non-hydrogen) atoms. The van der Waals surface area contributed by atoms with Crippen molar-refractivity contribution in [1.29, 1.82) is 0 Å². The number of nitrogens with one attached hydrogen (secondary N) is 1. The third-order valence-corrected chi connectivity index (χ3v) is 2.66. The zero-order valence-corrected chi connectivity index (χ0v) is 11.0. The number of hydrogen-bond donors (Lipinski definition) is 1. The summed E-state index contributed by atoms with van der Waals surface area (Å²) >= 11 is 0. The molecule has 1 atom stereocenters. The van der Waals surface area contributed by atoms with Gasteiger partial charge in [-0.15, -0.1) is 0 Å². The Labute approximate surface area is 103 Å². The van der Waals surface area contributed by atoms with Gasteiger partial charge >= 0.3 is 5.97 Å².